The molecule has 1 rings (SSSR count). The number of benzene rings is 1. The minimum absolute atomic E-state index is 0.00848. The minimum atomic E-state index is -4.06. The van der Waals surface area contributed by atoms with Gasteiger partial charge >= 0.3 is 0 Å². The molecule has 1 aromatic carbocycles. The number of methoxy groups -OCH3 is 1. The van der Waals surface area contributed by atoms with E-state index in [0.717, 1.165) is 6.07 Å². The van der Waals surface area contributed by atoms with Gasteiger partial charge in [-0.15, -0.1) is 0 Å². The van der Waals surface area contributed by atoms with Gasteiger partial charge in [-0.25, -0.2) is 10.3 Å². The number of hydrogen-bond acceptors (Lipinski definition) is 6. The van der Waals surface area contributed by atoms with Gasteiger partial charge in [0.25, 0.3) is 20.4 Å². The minimum Gasteiger partial charge on any atom is -0.494 e. The van der Waals surface area contributed by atoms with Gasteiger partial charge in [0.1, 0.15) is 5.75 Å². The first-order chi connectivity index (χ1) is 8.52. The molecule has 19 heavy (non-hydrogen) atoms. The van der Waals surface area contributed by atoms with Crippen molar-refractivity contribution in [2.75, 3.05) is 22.3 Å². The van der Waals surface area contributed by atoms with Crippen LogP contribution in [0.1, 0.15) is 0 Å². The Kier molecular flexibility index (Phi) is 4.09. The van der Waals surface area contributed by atoms with Crippen molar-refractivity contribution in [2.45, 2.75) is 0 Å². The summed E-state index contributed by atoms with van der Waals surface area (Å²) < 4.78 is 52.5. The molecule has 1 aromatic rings. The topological polar surface area (TPSA) is 180 Å². The number of hydrogen-bond donors (Lipinski definition) is 5. The molecule has 0 unspecified atom stereocenters. The van der Waals surface area contributed by atoms with Crippen molar-refractivity contribution in [2.24, 2.45) is 10.3 Å². The molecule has 0 spiro atoms. The largest absolute Gasteiger partial charge is 0.494 e. The van der Waals surface area contributed by atoms with E-state index in [4.69, 9.17) is 20.7 Å². The summed E-state index contributed by atoms with van der Waals surface area (Å²) in [7, 11) is -6.85. The Labute approximate surface area is 110 Å². The molecule has 0 atom stereocenters. The summed E-state index contributed by atoms with van der Waals surface area (Å²) in [4.78, 5) is 0. The normalized spacial score (nSPS) is 11.9. The third kappa shape index (κ3) is 4.78. The molecule has 0 aromatic heterocycles. The van der Waals surface area contributed by atoms with Crippen LogP contribution in [0.15, 0.2) is 12.1 Å². The van der Waals surface area contributed by atoms with Crippen LogP contribution in [0.4, 0.5) is 17.1 Å². The Morgan fingerprint density at radius 2 is 1.47 bits per heavy atom. The van der Waals surface area contributed by atoms with Crippen molar-refractivity contribution in [3.8, 4) is 5.75 Å². The number of anilines is 3. The Balaban J connectivity index is 3.33. The van der Waals surface area contributed by atoms with Crippen molar-refractivity contribution >= 4 is 37.5 Å². The van der Waals surface area contributed by atoms with E-state index in [0.29, 0.717) is 0 Å². The molecule has 0 bridgehead atoms. The first-order valence-corrected chi connectivity index (χ1v) is 7.69. The summed E-state index contributed by atoms with van der Waals surface area (Å²) in [6, 6.07) is 2.30. The Hall–Kier alpha value is -1.76. The third-order valence-electron chi connectivity index (χ3n) is 1.88. The van der Waals surface area contributed by atoms with Crippen molar-refractivity contribution in [1.82, 2.24) is 0 Å². The number of nitrogen functional groups attached to an aromatic ring is 1. The lowest BCUT2D eigenvalue weighted by molar-refractivity contribution is 0.417. The predicted molar refractivity (Wildman–Crippen MR) is 70.9 cm³/mol. The first-order valence-electron chi connectivity index (χ1n) is 4.60. The fourth-order valence-corrected chi connectivity index (χ4v) is 2.19. The molecule has 10 nitrogen and oxygen atoms in total. The van der Waals surface area contributed by atoms with E-state index in [9.17, 15) is 16.8 Å². The van der Waals surface area contributed by atoms with Gasteiger partial charge in [-0.05, 0) is 6.07 Å². The first kappa shape index (κ1) is 15.3. The van der Waals surface area contributed by atoms with Crippen molar-refractivity contribution in [3.05, 3.63) is 12.1 Å². The van der Waals surface area contributed by atoms with Crippen molar-refractivity contribution in [1.29, 1.82) is 0 Å². The van der Waals surface area contributed by atoms with Crippen LogP contribution in [-0.4, -0.2) is 23.9 Å². The molecule has 12 heteroatoms. The Bertz CT molecular complexity index is 684. The van der Waals surface area contributed by atoms with Crippen LogP contribution >= 0.6 is 0 Å². The van der Waals surface area contributed by atoms with Crippen LogP contribution in [0.25, 0.3) is 0 Å². The highest BCUT2D eigenvalue weighted by Gasteiger charge is 2.14. The zero-order valence-corrected chi connectivity index (χ0v) is 11.4. The number of nitrogens with two attached hydrogens (primary N) is 3. The Morgan fingerprint density at radius 1 is 1.00 bits per heavy atom. The summed E-state index contributed by atoms with van der Waals surface area (Å²) >= 11 is 0. The van der Waals surface area contributed by atoms with Gasteiger partial charge in [0.2, 0.25) is 0 Å². The van der Waals surface area contributed by atoms with Crippen LogP contribution in [0, 0.1) is 0 Å². The summed E-state index contributed by atoms with van der Waals surface area (Å²) in [6.07, 6.45) is 0. The molecule has 0 saturated heterocycles. The zero-order valence-electron chi connectivity index (χ0n) is 9.74. The molecular weight excluding hydrogens is 298 g/mol. The lowest BCUT2D eigenvalue weighted by Crippen LogP contribution is -2.24. The molecule has 0 radical (unpaired) electrons. The fourth-order valence-electron chi connectivity index (χ4n) is 1.24. The van der Waals surface area contributed by atoms with Crippen LogP contribution < -0.4 is 30.2 Å². The molecule has 0 heterocycles. The quantitative estimate of drug-likeness (QED) is 0.413. The van der Waals surface area contributed by atoms with Gasteiger partial charge in [0.05, 0.1) is 24.2 Å². The van der Waals surface area contributed by atoms with E-state index in [1.807, 2.05) is 9.44 Å². The summed E-state index contributed by atoms with van der Waals surface area (Å²) in [5, 5.41) is 9.61. The third-order valence-corrected chi connectivity index (χ3v) is 2.88. The van der Waals surface area contributed by atoms with Gasteiger partial charge in [-0.1, -0.05) is 0 Å². The van der Waals surface area contributed by atoms with E-state index >= 15 is 0 Å². The molecule has 0 saturated carbocycles. The van der Waals surface area contributed by atoms with E-state index < -0.39 is 20.4 Å². The van der Waals surface area contributed by atoms with Gasteiger partial charge < -0.3 is 10.5 Å². The average Bonchev–Trinajstić information content (AvgIpc) is 2.18. The summed E-state index contributed by atoms with van der Waals surface area (Å²) in [6.45, 7) is 0. The highest BCUT2D eigenvalue weighted by Crippen LogP contribution is 2.33. The van der Waals surface area contributed by atoms with Gasteiger partial charge in [0.15, 0.2) is 0 Å². The van der Waals surface area contributed by atoms with E-state index in [1.165, 1.54) is 13.2 Å². The van der Waals surface area contributed by atoms with Crippen LogP contribution in [0.2, 0.25) is 0 Å². The maximum atomic E-state index is 11.0. The monoisotopic (exact) mass is 311 g/mol. The number of ether oxygens (including phenoxy) is 1. The van der Waals surface area contributed by atoms with E-state index in [2.05, 4.69) is 0 Å². The van der Waals surface area contributed by atoms with Gasteiger partial charge in [-0.3, -0.25) is 9.44 Å². The van der Waals surface area contributed by atoms with Crippen LogP contribution in [0.5, 0.6) is 5.75 Å². The van der Waals surface area contributed by atoms with Crippen molar-refractivity contribution < 1.29 is 21.6 Å². The van der Waals surface area contributed by atoms with Crippen LogP contribution in [-0.2, 0) is 20.4 Å². The van der Waals surface area contributed by atoms with E-state index in [1.54, 1.807) is 0 Å². The second-order valence-electron chi connectivity index (χ2n) is 3.43. The lowest BCUT2D eigenvalue weighted by atomic mass is 10.2. The van der Waals surface area contributed by atoms with Gasteiger partial charge in [0, 0.05) is 6.07 Å². The van der Waals surface area contributed by atoms with Crippen LogP contribution in [0.3, 0.4) is 0 Å². The molecule has 0 aliphatic carbocycles. The molecule has 0 amide bonds. The second kappa shape index (κ2) is 5.08. The SMILES string of the molecule is COc1cc(N)c(NS(N)(=O)=O)cc1NS(N)(=O)=O. The molecule has 0 fully saturated rings. The van der Waals surface area contributed by atoms with Crippen molar-refractivity contribution in [3.63, 3.8) is 0 Å². The fraction of sp³-hybridized carbons (Fsp3) is 0.143. The summed E-state index contributed by atoms with van der Waals surface area (Å²) in [5.74, 6) is 0.0616. The lowest BCUT2D eigenvalue weighted by Gasteiger charge is -2.14. The smallest absolute Gasteiger partial charge is 0.296 e. The Morgan fingerprint density at radius 3 is 1.89 bits per heavy atom. The summed E-state index contributed by atoms with van der Waals surface area (Å²) in [5.41, 5.74) is 5.35. The zero-order chi connectivity index (χ0) is 14.8. The molecule has 108 valence electrons. The maximum Gasteiger partial charge on any atom is 0.296 e. The number of nitrogens with one attached hydrogen (secondary N) is 2. The molecular formula is C7H13N5O5S2. The maximum absolute atomic E-state index is 11.0. The number of rotatable bonds is 5. The second-order valence-corrected chi connectivity index (χ2v) is 6.02. The standard InChI is InChI=1S/C7H13N5O5S2/c1-17-7-2-4(8)5(11-18(9,13)14)3-6(7)12-19(10,15)16/h2-3,11-12H,8H2,1H3,(H2,9,13,14)(H2,10,15,16). The molecule has 8 N–H and O–H groups in total. The van der Waals surface area contributed by atoms with Gasteiger partial charge in [-0.2, -0.15) is 16.8 Å². The van der Waals surface area contributed by atoms with E-state index in [-0.39, 0.29) is 22.8 Å². The highest BCUT2D eigenvalue weighted by atomic mass is 32.2. The highest BCUT2D eigenvalue weighted by molar-refractivity contribution is 7.90. The molecule has 0 aliphatic rings. The predicted octanol–water partition coefficient (Wildman–Crippen LogP) is -1.49. The molecule has 0 aliphatic heterocycles. The average molecular weight is 311 g/mol.